The van der Waals surface area contributed by atoms with Crippen molar-refractivity contribution in [1.29, 1.82) is 0 Å². The quantitative estimate of drug-likeness (QED) is 0.109. The Morgan fingerprint density at radius 1 is 0.561 bits per heavy atom. The fraction of sp³-hybridized carbons (Fsp3) is 0.500. The molecule has 0 atom stereocenters. The van der Waals surface area contributed by atoms with E-state index in [9.17, 15) is 19.2 Å². The van der Waals surface area contributed by atoms with Crippen LogP contribution < -0.4 is 9.80 Å². The Balaban J connectivity index is 0.000000224. The average molecular weight is 785 g/mol. The number of piperazine rings is 2. The summed E-state index contributed by atoms with van der Waals surface area (Å²) in [4.78, 5) is 81.1. The van der Waals surface area contributed by atoms with E-state index in [0.29, 0.717) is 81.1 Å². The number of amides is 2. The molecule has 2 saturated heterocycles. The van der Waals surface area contributed by atoms with Gasteiger partial charge in [-0.15, -0.1) is 0 Å². The molecule has 0 radical (unpaired) electrons. The molecule has 304 valence electrons. The highest BCUT2D eigenvalue weighted by atomic mass is 16.6. The number of carbonyl (C=O) groups is 4. The fourth-order valence-electron chi connectivity index (χ4n) is 6.04. The second-order valence-electron chi connectivity index (χ2n) is 16.5. The number of rotatable bonds is 5. The summed E-state index contributed by atoms with van der Waals surface area (Å²) in [6.07, 6.45) is 9.23. The Morgan fingerprint density at radius 3 is 1.37 bits per heavy atom. The van der Waals surface area contributed by atoms with Gasteiger partial charge >= 0.3 is 18.2 Å². The van der Waals surface area contributed by atoms with Gasteiger partial charge in [-0.1, -0.05) is 0 Å². The maximum atomic E-state index is 12.3. The molecule has 0 aliphatic carbocycles. The number of aldehydes is 1. The highest BCUT2D eigenvalue weighted by molar-refractivity contribution is 5.98. The van der Waals surface area contributed by atoms with Crippen molar-refractivity contribution in [3.05, 3.63) is 54.6 Å². The first-order valence-corrected chi connectivity index (χ1v) is 18.8. The van der Waals surface area contributed by atoms with Crippen LogP contribution in [0.3, 0.4) is 0 Å². The number of pyridine rings is 2. The van der Waals surface area contributed by atoms with Crippen LogP contribution >= 0.6 is 0 Å². The molecule has 2 fully saturated rings. The Kier molecular flexibility index (Phi) is 12.9. The van der Waals surface area contributed by atoms with Gasteiger partial charge in [0.1, 0.15) is 57.8 Å². The molecule has 6 heterocycles. The first kappa shape index (κ1) is 42.1. The van der Waals surface area contributed by atoms with E-state index in [1.807, 2.05) is 68.4 Å². The summed E-state index contributed by atoms with van der Waals surface area (Å²) in [6, 6.07) is 3.66. The lowest BCUT2D eigenvalue weighted by Crippen LogP contribution is -2.50. The maximum absolute atomic E-state index is 12.3. The number of esters is 1. The highest BCUT2D eigenvalue weighted by Gasteiger charge is 2.29. The predicted octanol–water partition coefficient (Wildman–Crippen LogP) is 5.33. The lowest BCUT2D eigenvalue weighted by Gasteiger charge is -2.36. The summed E-state index contributed by atoms with van der Waals surface area (Å²) in [6.45, 7) is 21.3. The lowest BCUT2D eigenvalue weighted by molar-refractivity contribution is -0.148. The fourth-order valence-corrected chi connectivity index (χ4v) is 6.04. The van der Waals surface area contributed by atoms with Gasteiger partial charge in [-0.3, -0.25) is 14.8 Å². The van der Waals surface area contributed by atoms with Gasteiger partial charge in [0.25, 0.3) is 0 Å². The molecule has 2 amide bonds. The number of anilines is 2. The zero-order valence-corrected chi connectivity index (χ0v) is 34.2. The van der Waals surface area contributed by atoms with Gasteiger partial charge in [-0.05, 0) is 80.5 Å². The summed E-state index contributed by atoms with van der Waals surface area (Å²) in [5, 5.41) is 1.61. The third-order valence-corrected chi connectivity index (χ3v) is 8.48. The molecule has 6 rings (SSSR count). The molecule has 0 unspecified atom stereocenters. The SMILES string of the molecule is CC(C)(C)OC(=O)/C=C/c1nccc2c(N3CCN(C(=O)OC(C)(C)C)CC3)ncnc12.CC(C)(C)OC(=O)N1CCN(c2ncnc3c(C=O)nccc23)CC1. The molecule has 2 aliphatic rings. The molecule has 2 aliphatic heterocycles. The number of aromatic nitrogens is 6. The molecular weight excluding hydrogens is 733 g/mol. The van der Waals surface area contributed by atoms with Crippen LogP contribution in [0.15, 0.2) is 43.3 Å². The van der Waals surface area contributed by atoms with Crippen LogP contribution in [0, 0.1) is 0 Å². The molecule has 17 nitrogen and oxygen atoms in total. The smallest absolute Gasteiger partial charge is 0.410 e. The van der Waals surface area contributed by atoms with Crippen molar-refractivity contribution < 1.29 is 33.4 Å². The molecule has 0 N–H and O–H groups in total. The summed E-state index contributed by atoms with van der Waals surface area (Å²) < 4.78 is 16.2. The van der Waals surface area contributed by atoms with Gasteiger partial charge in [-0.25, -0.2) is 34.3 Å². The number of hydrogen-bond acceptors (Lipinski definition) is 15. The molecule has 4 aromatic heterocycles. The molecule has 4 aromatic rings. The van der Waals surface area contributed by atoms with E-state index in [1.165, 1.54) is 18.7 Å². The van der Waals surface area contributed by atoms with Gasteiger partial charge in [-0.2, -0.15) is 0 Å². The highest BCUT2D eigenvalue weighted by Crippen LogP contribution is 2.27. The second-order valence-corrected chi connectivity index (χ2v) is 16.5. The van der Waals surface area contributed by atoms with Crippen molar-refractivity contribution in [2.75, 3.05) is 62.2 Å². The van der Waals surface area contributed by atoms with Crippen LogP contribution in [0.2, 0.25) is 0 Å². The Hall–Kier alpha value is -6.00. The Morgan fingerprint density at radius 2 is 0.965 bits per heavy atom. The van der Waals surface area contributed by atoms with Gasteiger partial charge in [0, 0.05) is 81.6 Å². The van der Waals surface area contributed by atoms with E-state index >= 15 is 0 Å². The molecule has 0 bridgehead atoms. The first-order chi connectivity index (χ1) is 26.8. The molecule has 57 heavy (non-hydrogen) atoms. The largest absolute Gasteiger partial charge is 0.457 e. The summed E-state index contributed by atoms with van der Waals surface area (Å²) in [7, 11) is 0. The summed E-state index contributed by atoms with van der Waals surface area (Å²) in [5.41, 5.74) is 0.453. The zero-order valence-electron chi connectivity index (χ0n) is 34.2. The number of nitrogens with zero attached hydrogens (tertiary/aromatic N) is 10. The van der Waals surface area contributed by atoms with E-state index in [2.05, 4.69) is 39.7 Å². The number of fused-ring (bicyclic) bond motifs is 2. The van der Waals surface area contributed by atoms with Gasteiger partial charge in [0.05, 0.1) is 5.69 Å². The third kappa shape index (κ3) is 11.5. The van der Waals surface area contributed by atoms with Crippen LogP contribution in [-0.2, 0) is 19.0 Å². The molecule has 0 saturated carbocycles. The van der Waals surface area contributed by atoms with E-state index in [-0.39, 0.29) is 12.2 Å². The van der Waals surface area contributed by atoms with Crippen molar-refractivity contribution in [3.8, 4) is 0 Å². The van der Waals surface area contributed by atoms with Crippen molar-refractivity contribution in [1.82, 2.24) is 39.7 Å². The molecule has 17 heteroatoms. The standard InChI is InChI=1S/C23H31N5O4.C17H21N5O3/c1-22(2,3)31-18(29)8-7-17-19-16(9-10-24-17)20(26-15-25-19)27-11-13-28(14-12-27)21(30)32-23(4,5)6;1-17(2,3)25-16(24)22-8-6-21(7-9-22)15-12-4-5-18-13(10-23)14(12)19-11-20-15/h7-10,15H,11-14H2,1-6H3;4-5,10-11H,6-9H2,1-3H3/b8-7+;. The number of ether oxygens (including phenoxy) is 3. The monoisotopic (exact) mass is 784 g/mol. The Labute approximate surface area is 332 Å². The van der Waals surface area contributed by atoms with E-state index in [0.717, 1.165) is 22.4 Å². The van der Waals surface area contributed by atoms with Gasteiger partial charge in [0.15, 0.2) is 6.29 Å². The molecule has 0 aromatic carbocycles. The average Bonchev–Trinajstić information content (AvgIpc) is 3.14. The van der Waals surface area contributed by atoms with E-state index < -0.39 is 22.8 Å². The maximum Gasteiger partial charge on any atom is 0.410 e. The molecule has 0 spiro atoms. The predicted molar refractivity (Wildman–Crippen MR) is 215 cm³/mol. The van der Waals surface area contributed by atoms with Crippen LogP contribution in [-0.4, -0.2) is 133 Å². The van der Waals surface area contributed by atoms with Gasteiger partial charge < -0.3 is 33.8 Å². The van der Waals surface area contributed by atoms with Crippen molar-refractivity contribution in [2.45, 2.75) is 79.1 Å². The molecular formula is C40H52N10O7. The van der Waals surface area contributed by atoms with Gasteiger partial charge in [0.2, 0.25) is 0 Å². The lowest BCUT2D eigenvalue weighted by atomic mass is 10.2. The minimum absolute atomic E-state index is 0.299. The minimum atomic E-state index is -0.565. The Bertz CT molecular complexity index is 2110. The number of carbonyl (C=O) groups excluding carboxylic acids is 4. The minimum Gasteiger partial charge on any atom is -0.457 e. The van der Waals surface area contributed by atoms with Crippen LogP contribution in [0.1, 0.15) is 78.5 Å². The summed E-state index contributed by atoms with van der Waals surface area (Å²) >= 11 is 0. The van der Waals surface area contributed by atoms with Crippen LogP contribution in [0.5, 0.6) is 0 Å². The number of hydrogen-bond donors (Lipinski definition) is 0. The van der Waals surface area contributed by atoms with Crippen LogP contribution in [0.25, 0.3) is 27.9 Å². The van der Waals surface area contributed by atoms with Crippen molar-refractivity contribution >= 4 is 64.0 Å². The van der Waals surface area contributed by atoms with Crippen molar-refractivity contribution in [3.63, 3.8) is 0 Å². The third-order valence-electron chi connectivity index (χ3n) is 8.48. The first-order valence-electron chi connectivity index (χ1n) is 18.8. The van der Waals surface area contributed by atoms with E-state index in [1.54, 1.807) is 34.3 Å². The topological polar surface area (TPSA) is 186 Å². The normalized spacial score (nSPS) is 15.3. The van der Waals surface area contributed by atoms with Crippen LogP contribution in [0.4, 0.5) is 21.2 Å². The van der Waals surface area contributed by atoms with Crippen molar-refractivity contribution in [2.24, 2.45) is 0 Å². The summed E-state index contributed by atoms with van der Waals surface area (Å²) in [5.74, 6) is 1.08. The zero-order chi connectivity index (χ0) is 41.5. The second kappa shape index (κ2) is 17.4. The van der Waals surface area contributed by atoms with E-state index in [4.69, 9.17) is 14.2 Å².